The first-order chi connectivity index (χ1) is 12.1. The summed E-state index contributed by atoms with van der Waals surface area (Å²) in [5.41, 5.74) is 8.93. The monoisotopic (exact) mass is 326 g/mol. The summed E-state index contributed by atoms with van der Waals surface area (Å²) >= 11 is 0. The number of aromatic amines is 1. The number of nitrogens with one attached hydrogen (secondary N) is 1. The number of aryl methyl sites for hydroxylation is 1. The summed E-state index contributed by atoms with van der Waals surface area (Å²) in [5, 5.41) is 19.0. The SMILES string of the molecule is Cc1ccccc1-c1ccccc1-c1c(C#N)c(N)[nH]c(=O)c1C#N. The van der Waals surface area contributed by atoms with Gasteiger partial charge >= 0.3 is 0 Å². The zero-order chi connectivity index (χ0) is 18.0. The Balaban J connectivity index is 2.46. The Labute approximate surface area is 144 Å². The van der Waals surface area contributed by atoms with Gasteiger partial charge in [-0.1, -0.05) is 48.5 Å². The maximum atomic E-state index is 12.2. The molecular formula is C20H14N4O. The van der Waals surface area contributed by atoms with E-state index >= 15 is 0 Å². The van der Waals surface area contributed by atoms with Gasteiger partial charge in [0.15, 0.2) is 0 Å². The molecular weight excluding hydrogens is 312 g/mol. The number of hydrogen-bond acceptors (Lipinski definition) is 4. The van der Waals surface area contributed by atoms with Crippen molar-refractivity contribution in [1.82, 2.24) is 4.98 Å². The summed E-state index contributed by atoms with van der Waals surface area (Å²) in [5.74, 6) is -0.0407. The Morgan fingerprint density at radius 1 is 0.880 bits per heavy atom. The maximum Gasteiger partial charge on any atom is 0.268 e. The fraction of sp³-hybridized carbons (Fsp3) is 0.0500. The third kappa shape index (κ3) is 2.65. The first-order valence-corrected chi connectivity index (χ1v) is 7.59. The number of H-pyrrole nitrogens is 1. The second-order valence-corrected chi connectivity index (χ2v) is 5.58. The van der Waals surface area contributed by atoms with Crippen molar-refractivity contribution in [3.05, 3.63) is 75.6 Å². The highest BCUT2D eigenvalue weighted by molar-refractivity contribution is 5.90. The summed E-state index contributed by atoms with van der Waals surface area (Å²) in [6, 6.07) is 19.1. The molecule has 0 aliphatic rings. The molecule has 0 saturated heterocycles. The van der Waals surface area contributed by atoms with E-state index in [1.807, 2.05) is 55.5 Å². The minimum absolute atomic E-state index is 0.0407. The van der Waals surface area contributed by atoms with Gasteiger partial charge in [-0.05, 0) is 29.2 Å². The Morgan fingerprint density at radius 2 is 1.44 bits per heavy atom. The van der Waals surface area contributed by atoms with E-state index in [4.69, 9.17) is 5.73 Å². The standard InChI is InChI=1S/C20H14N4O/c1-12-6-2-3-7-13(12)14-8-4-5-9-15(14)18-16(10-21)19(23)24-20(25)17(18)11-22/h2-9H,1H3,(H3,23,24,25). The molecule has 0 radical (unpaired) electrons. The number of hydrogen-bond donors (Lipinski definition) is 2. The molecule has 0 aliphatic heterocycles. The van der Waals surface area contributed by atoms with Crippen LogP contribution in [0.4, 0.5) is 5.82 Å². The molecule has 5 nitrogen and oxygen atoms in total. The van der Waals surface area contributed by atoms with Crippen LogP contribution in [0, 0.1) is 29.6 Å². The third-order valence-corrected chi connectivity index (χ3v) is 4.10. The minimum Gasteiger partial charge on any atom is -0.384 e. The maximum absolute atomic E-state index is 12.2. The van der Waals surface area contributed by atoms with Gasteiger partial charge in [-0.25, -0.2) is 0 Å². The lowest BCUT2D eigenvalue weighted by atomic mass is 9.88. The van der Waals surface area contributed by atoms with Crippen molar-refractivity contribution in [3.63, 3.8) is 0 Å². The molecule has 120 valence electrons. The van der Waals surface area contributed by atoms with E-state index in [9.17, 15) is 15.3 Å². The number of nitrogens with zero attached hydrogens (tertiary/aromatic N) is 2. The van der Waals surface area contributed by atoms with Crippen LogP contribution in [0.3, 0.4) is 0 Å². The predicted molar refractivity (Wildman–Crippen MR) is 96.5 cm³/mol. The molecule has 3 rings (SSSR count). The van der Waals surface area contributed by atoms with Gasteiger partial charge in [-0.3, -0.25) is 4.79 Å². The molecule has 0 atom stereocenters. The molecule has 3 N–H and O–H groups in total. The summed E-state index contributed by atoms with van der Waals surface area (Å²) in [4.78, 5) is 14.5. The number of nitriles is 2. The van der Waals surface area contributed by atoms with Gasteiger partial charge in [0.25, 0.3) is 5.56 Å². The van der Waals surface area contributed by atoms with Crippen molar-refractivity contribution in [3.8, 4) is 34.4 Å². The van der Waals surface area contributed by atoms with Crippen LogP contribution >= 0.6 is 0 Å². The Kier molecular flexibility index (Phi) is 4.07. The number of benzene rings is 2. The number of nitrogens with two attached hydrogens (primary N) is 1. The van der Waals surface area contributed by atoms with Crippen LogP contribution in [-0.2, 0) is 0 Å². The van der Waals surface area contributed by atoms with E-state index in [1.54, 1.807) is 12.1 Å². The van der Waals surface area contributed by atoms with Crippen molar-refractivity contribution in [2.24, 2.45) is 0 Å². The molecule has 0 bridgehead atoms. The van der Waals surface area contributed by atoms with Crippen LogP contribution in [0.2, 0.25) is 0 Å². The second-order valence-electron chi connectivity index (χ2n) is 5.58. The van der Waals surface area contributed by atoms with Crippen molar-refractivity contribution < 1.29 is 0 Å². The highest BCUT2D eigenvalue weighted by Gasteiger charge is 2.21. The van der Waals surface area contributed by atoms with Crippen LogP contribution in [0.25, 0.3) is 22.3 Å². The van der Waals surface area contributed by atoms with E-state index in [0.29, 0.717) is 5.56 Å². The molecule has 2 aromatic carbocycles. The Bertz CT molecular complexity index is 1110. The van der Waals surface area contributed by atoms with Crippen LogP contribution in [0.1, 0.15) is 16.7 Å². The normalized spacial score (nSPS) is 10.0. The summed E-state index contributed by atoms with van der Waals surface area (Å²) in [6.07, 6.45) is 0. The highest BCUT2D eigenvalue weighted by atomic mass is 16.1. The molecule has 1 aromatic heterocycles. The van der Waals surface area contributed by atoms with Gasteiger partial charge in [-0.2, -0.15) is 10.5 Å². The number of rotatable bonds is 2. The van der Waals surface area contributed by atoms with Crippen LogP contribution in [-0.4, -0.2) is 4.98 Å². The lowest BCUT2D eigenvalue weighted by Gasteiger charge is -2.15. The largest absolute Gasteiger partial charge is 0.384 e. The average Bonchev–Trinajstić information content (AvgIpc) is 2.62. The number of nitrogen functional groups attached to an aromatic ring is 1. The van der Waals surface area contributed by atoms with Gasteiger partial charge in [0.1, 0.15) is 29.1 Å². The van der Waals surface area contributed by atoms with E-state index in [1.165, 1.54) is 0 Å². The summed E-state index contributed by atoms with van der Waals surface area (Å²) in [7, 11) is 0. The van der Waals surface area contributed by atoms with Gasteiger partial charge in [0, 0.05) is 5.56 Å². The van der Waals surface area contributed by atoms with Crippen molar-refractivity contribution >= 4 is 5.82 Å². The number of aromatic nitrogens is 1. The lowest BCUT2D eigenvalue weighted by molar-refractivity contribution is 1.21. The fourth-order valence-electron chi connectivity index (χ4n) is 2.92. The molecule has 0 unspecified atom stereocenters. The first kappa shape index (κ1) is 16.0. The molecule has 0 saturated carbocycles. The molecule has 5 heteroatoms. The van der Waals surface area contributed by atoms with E-state index in [-0.39, 0.29) is 22.5 Å². The van der Waals surface area contributed by atoms with Crippen LogP contribution < -0.4 is 11.3 Å². The first-order valence-electron chi connectivity index (χ1n) is 7.59. The molecule has 1 heterocycles. The molecule has 3 aromatic rings. The summed E-state index contributed by atoms with van der Waals surface area (Å²) in [6.45, 7) is 1.98. The minimum atomic E-state index is -0.603. The zero-order valence-corrected chi connectivity index (χ0v) is 13.5. The Morgan fingerprint density at radius 3 is 2.04 bits per heavy atom. The van der Waals surface area contributed by atoms with Crippen molar-refractivity contribution in [2.75, 3.05) is 5.73 Å². The molecule has 0 spiro atoms. The van der Waals surface area contributed by atoms with Gasteiger partial charge in [0.05, 0.1) is 0 Å². The smallest absolute Gasteiger partial charge is 0.268 e. The van der Waals surface area contributed by atoms with Gasteiger partial charge < -0.3 is 10.7 Å². The van der Waals surface area contributed by atoms with Gasteiger partial charge in [0.2, 0.25) is 0 Å². The zero-order valence-electron chi connectivity index (χ0n) is 13.5. The number of pyridine rings is 1. The number of anilines is 1. The summed E-state index contributed by atoms with van der Waals surface area (Å²) < 4.78 is 0. The van der Waals surface area contributed by atoms with Crippen LogP contribution in [0.5, 0.6) is 0 Å². The quantitative estimate of drug-likeness (QED) is 0.753. The topological polar surface area (TPSA) is 106 Å². The lowest BCUT2D eigenvalue weighted by Crippen LogP contribution is -2.16. The highest BCUT2D eigenvalue weighted by Crippen LogP contribution is 2.37. The molecule has 0 amide bonds. The Hall–Kier alpha value is -3.83. The van der Waals surface area contributed by atoms with E-state index in [0.717, 1.165) is 16.7 Å². The second kappa shape index (κ2) is 6.35. The van der Waals surface area contributed by atoms with Crippen molar-refractivity contribution in [2.45, 2.75) is 6.92 Å². The fourth-order valence-corrected chi connectivity index (χ4v) is 2.92. The average molecular weight is 326 g/mol. The molecule has 0 aliphatic carbocycles. The van der Waals surface area contributed by atoms with E-state index in [2.05, 4.69) is 4.98 Å². The predicted octanol–water partition coefficient (Wildman–Crippen LogP) is 3.34. The third-order valence-electron chi connectivity index (χ3n) is 4.10. The van der Waals surface area contributed by atoms with Crippen LogP contribution in [0.15, 0.2) is 53.3 Å². The van der Waals surface area contributed by atoms with Crippen molar-refractivity contribution in [1.29, 1.82) is 10.5 Å². The van der Waals surface area contributed by atoms with Gasteiger partial charge in [-0.15, -0.1) is 0 Å². The van der Waals surface area contributed by atoms with E-state index < -0.39 is 5.56 Å². The molecule has 25 heavy (non-hydrogen) atoms. The molecule has 0 fully saturated rings.